The molecule has 8 nitrogen and oxygen atoms in total. The van der Waals surface area contributed by atoms with E-state index in [9.17, 15) is 23.8 Å². The number of hydrogen-bond acceptors (Lipinski definition) is 7. The highest BCUT2D eigenvalue weighted by Crippen LogP contribution is 2.38. The third kappa shape index (κ3) is 7.56. The van der Waals surface area contributed by atoms with E-state index in [1.807, 2.05) is 39.8 Å². The predicted molar refractivity (Wildman–Crippen MR) is 172 cm³/mol. The summed E-state index contributed by atoms with van der Waals surface area (Å²) in [4.78, 5) is 22.5. The molecule has 1 aromatic rings. The van der Waals surface area contributed by atoms with Crippen LogP contribution in [0.4, 0.5) is 13.6 Å². The van der Waals surface area contributed by atoms with Crippen LogP contribution in [0.15, 0.2) is 64.7 Å². The molecule has 2 saturated heterocycles. The Bertz CT molecular complexity index is 1410. The number of benzene rings is 1. The minimum Gasteiger partial charge on any atom is -0.507 e. The molecule has 1 aromatic carbocycles. The SMILES string of the molecule is C=C(F)/C(F)=C(C)\C=C(/CC)C1OC(=O)N(CC2=NC(N3CCC3)CC=C2c2cc(C(C)(C)CC(O)OC)ccc2O)C1CC. The molecule has 4 rings (SSSR count). The molecular weight excluding hydrogens is 580 g/mol. The summed E-state index contributed by atoms with van der Waals surface area (Å²) in [7, 11) is 1.46. The fourth-order valence-corrected chi connectivity index (χ4v) is 6.31. The third-order valence-corrected chi connectivity index (χ3v) is 9.20. The van der Waals surface area contributed by atoms with Gasteiger partial charge in [0.15, 0.2) is 17.9 Å². The van der Waals surface area contributed by atoms with Gasteiger partial charge in [-0.25, -0.2) is 13.6 Å². The number of carbonyl (C=O) groups excluding carboxylic acids is 1. The first-order chi connectivity index (χ1) is 21.3. The van der Waals surface area contributed by atoms with Crippen molar-refractivity contribution in [2.24, 2.45) is 4.99 Å². The number of likely N-dealkylation sites (tertiary alicyclic amines) is 1. The number of cyclic esters (lactones) is 1. The van der Waals surface area contributed by atoms with Crippen LogP contribution in [0, 0.1) is 0 Å². The summed E-state index contributed by atoms with van der Waals surface area (Å²) in [5.41, 5.74) is 3.21. The molecule has 0 bridgehead atoms. The maximum atomic E-state index is 14.3. The highest BCUT2D eigenvalue weighted by Gasteiger charge is 2.43. The summed E-state index contributed by atoms with van der Waals surface area (Å²) in [5, 5.41) is 21.3. The number of dihydropyridines is 1. The first kappa shape index (κ1) is 34.5. The minimum atomic E-state index is -1.15. The molecule has 0 aromatic heterocycles. The minimum absolute atomic E-state index is 0.0683. The molecule has 4 atom stereocenters. The van der Waals surface area contributed by atoms with Gasteiger partial charge in [0.2, 0.25) is 0 Å². The summed E-state index contributed by atoms with van der Waals surface area (Å²) < 4.78 is 38.7. The molecule has 246 valence electrons. The second kappa shape index (κ2) is 14.4. The van der Waals surface area contributed by atoms with Gasteiger partial charge in [-0.3, -0.25) is 14.8 Å². The van der Waals surface area contributed by atoms with Gasteiger partial charge in [-0.1, -0.05) is 52.5 Å². The number of aliphatic hydroxyl groups excluding tert-OH is 1. The molecule has 2 N–H and O–H groups in total. The number of phenolic OH excluding ortho intramolecular Hbond substituents is 1. The average molecular weight is 628 g/mol. The monoisotopic (exact) mass is 627 g/mol. The highest BCUT2D eigenvalue weighted by atomic mass is 19.2. The number of methoxy groups -OCH3 is 1. The zero-order valence-electron chi connectivity index (χ0n) is 27.3. The zero-order chi connectivity index (χ0) is 33.1. The molecular formula is C35H47F2N3O5. The largest absolute Gasteiger partial charge is 0.507 e. The van der Waals surface area contributed by atoms with Crippen molar-refractivity contribution in [1.29, 1.82) is 0 Å². The predicted octanol–water partition coefficient (Wildman–Crippen LogP) is 6.95. The van der Waals surface area contributed by atoms with Crippen molar-refractivity contribution in [3.8, 4) is 5.75 Å². The molecule has 3 heterocycles. The standard InChI is InChI=1S/C35H47F2N3O5/c1-8-23(17-21(3)32(37)22(4)36)33-28(9-2)40(34(43)45-33)20-27-25(12-14-30(38-27)39-15-10-16-39)26-18-24(11-13-29(26)41)35(5,6)19-31(42)44-7/h11-13,17-18,28,30-31,33,41-42H,4,8-10,14-16,19-20H2,1-3,5-7H3/b23-17+,32-21+. The number of nitrogens with zero attached hydrogens (tertiary/aromatic N) is 3. The average Bonchev–Trinajstić information content (AvgIpc) is 3.28. The van der Waals surface area contributed by atoms with E-state index in [1.54, 1.807) is 17.0 Å². The maximum absolute atomic E-state index is 14.3. The Kier molecular flexibility index (Phi) is 11.0. The van der Waals surface area contributed by atoms with Crippen LogP contribution in [0.1, 0.15) is 77.8 Å². The summed E-state index contributed by atoms with van der Waals surface area (Å²) in [6.07, 6.45) is 4.63. The van der Waals surface area contributed by atoms with Gasteiger partial charge < -0.3 is 19.7 Å². The number of ether oxygens (including phenoxy) is 2. The second-order valence-electron chi connectivity index (χ2n) is 12.7. The van der Waals surface area contributed by atoms with Crippen molar-refractivity contribution >= 4 is 17.4 Å². The van der Waals surface area contributed by atoms with E-state index < -0.39 is 35.6 Å². The number of aliphatic imine (C=N–C) groups is 1. The van der Waals surface area contributed by atoms with Crippen LogP contribution in [-0.4, -0.2) is 83.2 Å². The van der Waals surface area contributed by atoms with Gasteiger partial charge in [-0.15, -0.1) is 0 Å². The normalized spacial score (nSPS) is 24.0. The van der Waals surface area contributed by atoms with Crippen molar-refractivity contribution in [2.45, 2.75) is 96.7 Å². The van der Waals surface area contributed by atoms with Gasteiger partial charge >= 0.3 is 6.09 Å². The molecule has 0 saturated carbocycles. The topological polar surface area (TPSA) is 94.8 Å². The fourth-order valence-electron chi connectivity index (χ4n) is 6.31. The Morgan fingerprint density at radius 3 is 2.58 bits per heavy atom. The Labute approximate surface area is 265 Å². The molecule has 3 aliphatic rings. The van der Waals surface area contributed by atoms with Crippen LogP contribution >= 0.6 is 0 Å². The van der Waals surface area contributed by atoms with Crippen molar-refractivity contribution < 1.29 is 33.3 Å². The highest BCUT2D eigenvalue weighted by molar-refractivity contribution is 6.26. The number of rotatable bonds is 13. The molecule has 4 unspecified atom stereocenters. The van der Waals surface area contributed by atoms with Gasteiger partial charge in [0.05, 0.1) is 18.3 Å². The van der Waals surface area contributed by atoms with Crippen LogP contribution in [0.3, 0.4) is 0 Å². The first-order valence-electron chi connectivity index (χ1n) is 15.8. The van der Waals surface area contributed by atoms with E-state index in [4.69, 9.17) is 14.5 Å². The quantitative estimate of drug-likeness (QED) is 0.182. The van der Waals surface area contributed by atoms with Crippen molar-refractivity contribution in [3.05, 3.63) is 70.9 Å². The summed E-state index contributed by atoms with van der Waals surface area (Å²) >= 11 is 0. The lowest BCUT2D eigenvalue weighted by Crippen LogP contribution is -2.46. The van der Waals surface area contributed by atoms with E-state index in [-0.39, 0.29) is 30.1 Å². The van der Waals surface area contributed by atoms with Gasteiger partial charge in [-0.05, 0) is 60.4 Å². The molecule has 0 spiro atoms. The van der Waals surface area contributed by atoms with Gasteiger partial charge in [0, 0.05) is 44.2 Å². The van der Waals surface area contributed by atoms with E-state index in [0.29, 0.717) is 42.5 Å². The van der Waals surface area contributed by atoms with E-state index in [0.717, 1.165) is 30.6 Å². The Morgan fingerprint density at radius 1 is 1.29 bits per heavy atom. The Hall–Kier alpha value is -3.34. The van der Waals surface area contributed by atoms with E-state index in [1.165, 1.54) is 14.0 Å². The number of aliphatic hydroxyl groups is 1. The third-order valence-electron chi connectivity index (χ3n) is 9.20. The van der Waals surface area contributed by atoms with Gasteiger partial charge in [-0.2, -0.15) is 0 Å². The van der Waals surface area contributed by atoms with E-state index >= 15 is 0 Å². The molecule has 2 fully saturated rings. The number of aromatic hydroxyl groups is 1. The maximum Gasteiger partial charge on any atom is 0.411 e. The molecule has 3 aliphatic heterocycles. The summed E-state index contributed by atoms with van der Waals surface area (Å²) in [6, 6.07) is 5.05. The van der Waals surface area contributed by atoms with Crippen LogP contribution in [0.25, 0.3) is 5.57 Å². The van der Waals surface area contributed by atoms with Crippen LogP contribution in [-0.2, 0) is 14.9 Å². The molecule has 10 heteroatoms. The number of hydrogen-bond donors (Lipinski definition) is 2. The first-order valence-corrected chi connectivity index (χ1v) is 15.8. The van der Waals surface area contributed by atoms with Crippen LogP contribution in [0.2, 0.25) is 0 Å². The zero-order valence-corrected chi connectivity index (χ0v) is 27.3. The number of phenols is 1. The van der Waals surface area contributed by atoms with Crippen molar-refractivity contribution in [1.82, 2.24) is 9.80 Å². The summed E-state index contributed by atoms with van der Waals surface area (Å²) in [6.45, 7) is 14.4. The number of amides is 1. The van der Waals surface area contributed by atoms with Crippen molar-refractivity contribution in [3.63, 3.8) is 0 Å². The smallest absolute Gasteiger partial charge is 0.411 e. The van der Waals surface area contributed by atoms with Gasteiger partial charge in [0.1, 0.15) is 18.0 Å². The lowest BCUT2D eigenvalue weighted by molar-refractivity contribution is -0.0884. The number of halogens is 2. The summed E-state index contributed by atoms with van der Waals surface area (Å²) in [5.74, 6) is -2.08. The van der Waals surface area contributed by atoms with Crippen LogP contribution < -0.4 is 0 Å². The molecule has 45 heavy (non-hydrogen) atoms. The molecule has 0 radical (unpaired) electrons. The second-order valence-corrected chi connectivity index (χ2v) is 12.7. The lowest BCUT2D eigenvalue weighted by Gasteiger charge is -2.38. The molecule has 0 aliphatic carbocycles. The van der Waals surface area contributed by atoms with Crippen molar-refractivity contribution in [2.75, 3.05) is 26.7 Å². The lowest BCUT2D eigenvalue weighted by atomic mass is 9.79. The van der Waals surface area contributed by atoms with E-state index in [2.05, 4.69) is 17.6 Å². The van der Waals surface area contributed by atoms with Crippen LogP contribution in [0.5, 0.6) is 5.75 Å². The van der Waals surface area contributed by atoms with Gasteiger partial charge in [0.25, 0.3) is 0 Å². The number of allylic oxidation sites excluding steroid dienone is 4. The Balaban J connectivity index is 1.70. The number of carbonyl (C=O) groups is 1. The molecule has 1 amide bonds. The fraction of sp³-hybridized carbons (Fsp3) is 0.543. The Morgan fingerprint density at radius 2 is 2.00 bits per heavy atom.